The summed E-state index contributed by atoms with van der Waals surface area (Å²) in [5.74, 6) is 3.46. The minimum atomic E-state index is 0.821. The van der Waals surface area contributed by atoms with Crippen molar-refractivity contribution in [1.29, 1.82) is 0 Å². The van der Waals surface area contributed by atoms with Crippen LogP contribution in [0.4, 0.5) is 0 Å². The highest BCUT2D eigenvalue weighted by Gasteiger charge is 2.13. The summed E-state index contributed by atoms with van der Waals surface area (Å²) in [6.45, 7) is 1.09. The second kappa shape index (κ2) is 4.33. The van der Waals surface area contributed by atoms with Crippen molar-refractivity contribution in [2.45, 2.75) is 19.4 Å². The number of nitrogens with one attached hydrogen (secondary N) is 1. The summed E-state index contributed by atoms with van der Waals surface area (Å²) < 4.78 is 3.00. The highest BCUT2D eigenvalue weighted by Crippen LogP contribution is 2.23. The zero-order valence-corrected chi connectivity index (χ0v) is 9.16. The monoisotopic (exact) mass is 214 g/mol. The van der Waals surface area contributed by atoms with Crippen LogP contribution in [0.3, 0.4) is 0 Å². The van der Waals surface area contributed by atoms with Crippen molar-refractivity contribution < 1.29 is 0 Å². The highest BCUT2D eigenvalue weighted by molar-refractivity contribution is 7.99. The van der Waals surface area contributed by atoms with Crippen LogP contribution in [0.15, 0.2) is 12.4 Å². The number of nitrogens with zero attached hydrogens (tertiary/aromatic N) is 1. The van der Waals surface area contributed by atoms with E-state index in [1.165, 1.54) is 24.3 Å². The fourth-order valence-corrected chi connectivity index (χ4v) is 3.07. The molecule has 1 fully saturated rings. The van der Waals surface area contributed by atoms with Crippen LogP contribution in [0.5, 0.6) is 0 Å². The molecule has 0 radical (unpaired) electrons. The number of aromatic nitrogens is 2. The molecule has 1 aliphatic rings. The Hall–Kier alpha value is -0.220. The van der Waals surface area contributed by atoms with E-state index in [9.17, 15) is 0 Å². The predicted molar refractivity (Wildman–Crippen MR) is 59.7 cm³/mol. The molecule has 1 aliphatic heterocycles. The van der Waals surface area contributed by atoms with Crippen molar-refractivity contribution >= 4 is 24.0 Å². The van der Waals surface area contributed by atoms with Crippen LogP contribution < -0.4 is 0 Å². The van der Waals surface area contributed by atoms with Gasteiger partial charge in [0.2, 0.25) is 0 Å². The first-order valence-corrected chi connectivity index (χ1v) is 6.24. The first-order valence-electron chi connectivity index (χ1n) is 4.68. The second-order valence-electron chi connectivity index (χ2n) is 3.50. The third kappa shape index (κ3) is 2.38. The molecule has 0 spiro atoms. The van der Waals surface area contributed by atoms with Crippen LogP contribution in [-0.4, -0.2) is 21.1 Å². The molecule has 2 rings (SSSR count). The number of rotatable bonds is 2. The molecule has 0 aromatic carbocycles. The van der Waals surface area contributed by atoms with Gasteiger partial charge in [-0.3, -0.25) is 0 Å². The Morgan fingerprint density at radius 1 is 1.69 bits per heavy atom. The zero-order valence-electron chi connectivity index (χ0n) is 7.53. The summed E-state index contributed by atoms with van der Waals surface area (Å²) in [7, 11) is 0. The third-order valence-corrected chi connectivity index (χ3v) is 4.07. The maximum Gasteiger partial charge on any atom is 0.177 e. The summed E-state index contributed by atoms with van der Waals surface area (Å²) in [6.07, 6.45) is 6.69. The van der Waals surface area contributed by atoms with Gasteiger partial charge in [0, 0.05) is 18.9 Å². The van der Waals surface area contributed by atoms with Crippen LogP contribution in [0.25, 0.3) is 0 Å². The van der Waals surface area contributed by atoms with Gasteiger partial charge < -0.3 is 9.55 Å². The van der Waals surface area contributed by atoms with Crippen molar-refractivity contribution in [3.05, 3.63) is 17.2 Å². The molecule has 0 aliphatic carbocycles. The van der Waals surface area contributed by atoms with Gasteiger partial charge >= 0.3 is 0 Å². The lowest BCUT2D eigenvalue weighted by molar-refractivity contribution is 0.443. The Labute approximate surface area is 87.7 Å². The lowest BCUT2D eigenvalue weighted by atomic mass is 10.1. The summed E-state index contributed by atoms with van der Waals surface area (Å²) in [4.78, 5) is 3.03. The second-order valence-corrected chi connectivity index (χ2v) is 5.04. The lowest BCUT2D eigenvalue weighted by Crippen LogP contribution is -2.16. The molecule has 0 saturated carbocycles. The van der Waals surface area contributed by atoms with E-state index in [1.807, 2.05) is 12.4 Å². The molecule has 1 atom stereocenters. The molecule has 2 nitrogen and oxygen atoms in total. The van der Waals surface area contributed by atoms with E-state index in [0.29, 0.717) is 0 Å². The van der Waals surface area contributed by atoms with E-state index in [0.717, 1.165) is 17.2 Å². The minimum absolute atomic E-state index is 0.821. The summed E-state index contributed by atoms with van der Waals surface area (Å²) in [5, 5.41) is 0. The van der Waals surface area contributed by atoms with Gasteiger partial charge in [0.1, 0.15) is 0 Å². The molecule has 2 heterocycles. The molecule has 4 heteroatoms. The Morgan fingerprint density at radius 3 is 3.23 bits per heavy atom. The lowest BCUT2D eigenvalue weighted by Gasteiger charge is -2.21. The first kappa shape index (κ1) is 9.34. The maximum absolute atomic E-state index is 5.15. The zero-order chi connectivity index (χ0) is 9.10. The fourth-order valence-electron chi connectivity index (χ4n) is 1.72. The van der Waals surface area contributed by atoms with E-state index in [2.05, 4.69) is 21.3 Å². The minimum Gasteiger partial charge on any atom is -0.337 e. The maximum atomic E-state index is 5.15. The van der Waals surface area contributed by atoms with Crippen molar-refractivity contribution in [1.82, 2.24) is 9.55 Å². The first-order chi connectivity index (χ1) is 6.36. The molecule has 1 aromatic rings. The van der Waals surface area contributed by atoms with Crippen LogP contribution in [-0.2, 0) is 6.54 Å². The van der Waals surface area contributed by atoms with Crippen LogP contribution in [0, 0.1) is 10.7 Å². The van der Waals surface area contributed by atoms with Gasteiger partial charge in [-0.25, -0.2) is 0 Å². The van der Waals surface area contributed by atoms with E-state index >= 15 is 0 Å². The average molecular weight is 214 g/mol. The molecular weight excluding hydrogens is 200 g/mol. The summed E-state index contributed by atoms with van der Waals surface area (Å²) in [5.41, 5.74) is 0. The quantitative estimate of drug-likeness (QED) is 0.764. The number of imidazole rings is 1. The number of H-pyrrole nitrogens is 1. The third-order valence-electron chi connectivity index (χ3n) is 2.43. The van der Waals surface area contributed by atoms with Gasteiger partial charge in [-0.05, 0) is 42.5 Å². The van der Waals surface area contributed by atoms with Crippen molar-refractivity contribution in [2.24, 2.45) is 5.92 Å². The molecule has 1 unspecified atom stereocenters. The Kier molecular flexibility index (Phi) is 3.11. The molecule has 13 heavy (non-hydrogen) atoms. The molecule has 0 bridgehead atoms. The van der Waals surface area contributed by atoms with Crippen molar-refractivity contribution in [2.75, 3.05) is 11.5 Å². The fraction of sp³-hybridized carbons (Fsp3) is 0.667. The molecule has 1 N–H and O–H groups in total. The number of aromatic amines is 1. The van der Waals surface area contributed by atoms with Gasteiger partial charge in [-0.15, -0.1) is 0 Å². The Balaban J connectivity index is 1.97. The van der Waals surface area contributed by atoms with Crippen LogP contribution in [0.2, 0.25) is 0 Å². The largest absolute Gasteiger partial charge is 0.337 e. The van der Waals surface area contributed by atoms with Crippen LogP contribution in [0.1, 0.15) is 12.8 Å². The van der Waals surface area contributed by atoms with Crippen molar-refractivity contribution in [3.8, 4) is 0 Å². The smallest absolute Gasteiger partial charge is 0.177 e. The molecule has 72 valence electrons. The predicted octanol–water partition coefficient (Wildman–Crippen LogP) is 2.69. The van der Waals surface area contributed by atoms with Gasteiger partial charge in [-0.1, -0.05) is 0 Å². The van der Waals surface area contributed by atoms with E-state index in [4.69, 9.17) is 12.2 Å². The van der Waals surface area contributed by atoms with E-state index in [1.54, 1.807) is 0 Å². The number of hydrogen-bond acceptors (Lipinski definition) is 2. The van der Waals surface area contributed by atoms with Gasteiger partial charge in [0.15, 0.2) is 4.77 Å². The summed E-state index contributed by atoms with van der Waals surface area (Å²) >= 11 is 7.23. The molecule has 1 aromatic heterocycles. The Morgan fingerprint density at radius 2 is 2.62 bits per heavy atom. The number of thioether (sulfide) groups is 1. The highest BCUT2D eigenvalue weighted by atomic mass is 32.2. The van der Waals surface area contributed by atoms with Crippen LogP contribution >= 0.6 is 24.0 Å². The van der Waals surface area contributed by atoms with Gasteiger partial charge in [0.25, 0.3) is 0 Å². The average Bonchev–Trinajstić information content (AvgIpc) is 2.54. The molecular formula is C9H14N2S2. The van der Waals surface area contributed by atoms with Gasteiger partial charge in [0.05, 0.1) is 0 Å². The topological polar surface area (TPSA) is 20.7 Å². The van der Waals surface area contributed by atoms with Crippen molar-refractivity contribution in [3.63, 3.8) is 0 Å². The standard InChI is InChI=1S/C9H14N2S2/c12-9-10-3-4-11(9)6-8-2-1-5-13-7-8/h3-4,8H,1-2,5-7H2,(H,10,12). The SMILES string of the molecule is S=c1[nH]ccn1CC1CCCSC1. The normalized spacial score (nSPS) is 23.2. The van der Waals surface area contributed by atoms with E-state index < -0.39 is 0 Å². The molecule has 0 amide bonds. The number of hydrogen-bond donors (Lipinski definition) is 1. The van der Waals surface area contributed by atoms with E-state index in [-0.39, 0.29) is 0 Å². The van der Waals surface area contributed by atoms with Gasteiger partial charge in [-0.2, -0.15) is 11.8 Å². The Bertz CT molecular complexity index is 309. The molecule has 1 saturated heterocycles. The summed E-state index contributed by atoms with van der Waals surface area (Å²) in [6, 6.07) is 0.